The molecule has 1 N–H and O–H groups in total. The third-order valence-corrected chi connectivity index (χ3v) is 4.53. The Morgan fingerprint density at radius 3 is 2.43 bits per heavy atom. The van der Waals surface area contributed by atoms with Gasteiger partial charge in [0.05, 0.1) is 0 Å². The molecule has 2 amide bonds. The van der Waals surface area contributed by atoms with Crippen LogP contribution >= 0.6 is 22.6 Å². The summed E-state index contributed by atoms with van der Waals surface area (Å²) in [5.41, 5.74) is 1.06. The summed E-state index contributed by atoms with van der Waals surface area (Å²) in [7, 11) is 0. The van der Waals surface area contributed by atoms with Gasteiger partial charge in [-0.2, -0.15) is 0 Å². The van der Waals surface area contributed by atoms with Gasteiger partial charge in [-0.05, 0) is 53.1 Å². The van der Waals surface area contributed by atoms with Crippen molar-refractivity contribution in [3.05, 3.63) is 33.4 Å². The van der Waals surface area contributed by atoms with Crippen LogP contribution in [0.3, 0.4) is 0 Å². The van der Waals surface area contributed by atoms with E-state index in [1.165, 1.54) is 0 Å². The summed E-state index contributed by atoms with van der Waals surface area (Å²) in [6, 6.07) is 7.36. The molecular weight excluding hydrogens is 379 g/mol. The number of hydrogen-bond donors (Lipinski definition) is 1. The Morgan fingerprint density at radius 1 is 1.19 bits per heavy atom. The summed E-state index contributed by atoms with van der Waals surface area (Å²) in [5, 5.41) is 2.84. The van der Waals surface area contributed by atoms with Gasteiger partial charge in [0.25, 0.3) is 0 Å². The maximum absolute atomic E-state index is 12.6. The minimum Gasteiger partial charge on any atom is -0.343 e. The zero-order valence-electron chi connectivity index (χ0n) is 12.4. The minimum absolute atomic E-state index is 0.0196. The maximum Gasteiger partial charge on any atom is 0.246 e. The van der Waals surface area contributed by atoms with E-state index >= 15 is 0 Å². The highest BCUT2D eigenvalue weighted by atomic mass is 127. The molecule has 1 aliphatic rings. The van der Waals surface area contributed by atoms with Crippen LogP contribution < -0.4 is 5.32 Å². The number of carbonyl (C=O) groups excluding carboxylic acids is 2. The van der Waals surface area contributed by atoms with Crippen molar-refractivity contribution in [3.63, 3.8) is 0 Å². The van der Waals surface area contributed by atoms with Crippen molar-refractivity contribution in [2.45, 2.75) is 51.7 Å². The number of carbonyl (C=O) groups is 2. The van der Waals surface area contributed by atoms with Gasteiger partial charge in [0, 0.05) is 10.1 Å². The first kappa shape index (κ1) is 16.3. The second-order valence-electron chi connectivity index (χ2n) is 5.37. The molecule has 2 rings (SSSR count). The normalized spacial score (nSPS) is 22.3. The predicted octanol–water partition coefficient (Wildman–Crippen LogP) is 2.70. The lowest BCUT2D eigenvalue weighted by Crippen LogP contribution is -2.62. The number of benzene rings is 1. The predicted molar refractivity (Wildman–Crippen MR) is 90.6 cm³/mol. The summed E-state index contributed by atoms with van der Waals surface area (Å²) in [5.74, 6) is 0.0166. The van der Waals surface area contributed by atoms with Gasteiger partial charge in [-0.15, -0.1) is 0 Å². The fraction of sp³-hybridized carbons (Fsp3) is 0.500. The van der Waals surface area contributed by atoms with Crippen molar-refractivity contribution >= 4 is 34.4 Å². The lowest BCUT2D eigenvalue weighted by atomic mass is 10.0. The second-order valence-corrected chi connectivity index (χ2v) is 6.61. The number of nitrogens with one attached hydrogen (secondary N) is 1. The molecule has 1 fully saturated rings. The Kier molecular flexibility index (Phi) is 5.61. The summed E-state index contributed by atoms with van der Waals surface area (Å²) in [6.07, 6.45) is 2.22. The van der Waals surface area contributed by atoms with Crippen LogP contribution in [0.25, 0.3) is 0 Å². The smallest absolute Gasteiger partial charge is 0.246 e. The first-order valence-electron chi connectivity index (χ1n) is 7.42. The summed E-state index contributed by atoms with van der Waals surface area (Å²) in [6.45, 7) is 4.46. The Balaban J connectivity index is 2.22. The van der Waals surface area contributed by atoms with E-state index < -0.39 is 0 Å². The highest BCUT2D eigenvalue weighted by Gasteiger charge is 2.38. The van der Waals surface area contributed by atoms with Crippen LogP contribution in [-0.4, -0.2) is 28.8 Å². The van der Waals surface area contributed by atoms with E-state index in [9.17, 15) is 9.59 Å². The number of halogens is 1. The Morgan fingerprint density at radius 2 is 1.86 bits per heavy atom. The number of piperazine rings is 1. The molecule has 1 aromatic carbocycles. The molecule has 1 heterocycles. The number of amides is 2. The van der Waals surface area contributed by atoms with Gasteiger partial charge in [-0.25, -0.2) is 0 Å². The van der Waals surface area contributed by atoms with Crippen LogP contribution in [-0.2, 0) is 16.1 Å². The Labute approximate surface area is 139 Å². The van der Waals surface area contributed by atoms with Crippen LogP contribution in [0.2, 0.25) is 0 Å². The highest BCUT2D eigenvalue weighted by molar-refractivity contribution is 14.1. The molecule has 114 valence electrons. The summed E-state index contributed by atoms with van der Waals surface area (Å²) < 4.78 is 1.16. The van der Waals surface area contributed by atoms with E-state index in [-0.39, 0.29) is 23.9 Å². The molecule has 0 saturated carbocycles. The van der Waals surface area contributed by atoms with Crippen LogP contribution in [0.15, 0.2) is 24.3 Å². The zero-order valence-corrected chi connectivity index (χ0v) is 14.6. The third kappa shape index (κ3) is 3.75. The first-order chi connectivity index (χ1) is 10.1. The average molecular weight is 400 g/mol. The van der Waals surface area contributed by atoms with Crippen LogP contribution in [0.1, 0.15) is 38.7 Å². The molecule has 0 aromatic heterocycles. The summed E-state index contributed by atoms with van der Waals surface area (Å²) in [4.78, 5) is 26.6. The molecule has 0 radical (unpaired) electrons. The Bertz CT molecular complexity index is 516. The number of hydrogen-bond acceptors (Lipinski definition) is 2. The van der Waals surface area contributed by atoms with E-state index in [2.05, 4.69) is 27.9 Å². The molecule has 5 heteroatoms. The van der Waals surface area contributed by atoms with Crippen molar-refractivity contribution in [2.24, 2.45) is 0 Å². The van der Waals surface area contributed by atoms with Gasteiger partial charge >= 0.3 is 0 Å². The standard InChI is InChI=1S/C16H21IN2O2/c1-3-5-14-15(20)18-13(4-2)16(21)19(14)10-11-6-8-12(17)9-7-11/h6-9,13-14H,3-5,10H2,1-2H3,(H,18,20). The Hall–Kier alpha value is -1.11. The molecule has 1 aliphatic heterocycles. The number of nitrogens with zero attached hydrogens (tertiary/aromatic N) is 1. The molecule has 1 aromatic rings. The maximum atomic E-state index is 12.6. The van der Waals surface area contributed by atoms with Crippen molar-refractivity contribution in [1.82, 2.24) is 10.2 Å². The van der Waals surface area contributed by atoms with Crippen LogP contribution in [0.4, 0.5) is 0 Å². The molecule has 2 unspecified atom stereocenters. The fourth-order valence-electron chi connectivity index (χ4n) is 2.64. The molecule has 0 spiro atoms. The molecular formula is C16H21IN2O2. The molecule has 2 atom stereocenters. The average Bonchev–Trinajstić information content (AvgIpc) is 2.48. The minimum atomic E-state index is -0.380. The fourth-order valence-corrected chi connectivity index (χ4v) is 3.00. The van der Waals surface area contributed by atoms with E-state index in [1.54, 1.807) is 4.90 Å². The van der Waals surface area contributed by atoms with Crippen molar-refractivity contribution in [2.75, 3.05) is 0 Å². The largest absolute Gasteiger partial charge is 0.343 e. The van der Waals surface area contributed by atoms with Gasteiger partial charge < -0.3 is 10.2 Å². The lowest BCUT2D eigenvalue weighted by molar-refractivity contribution is -0.150. The van der Waals surface area contributed by atoms with E-state index in [4.69, 9.17) is 0 Å². The van der Waals surface area contributed by atoms with Gasteiger partial charge in [-0.3, -0.25) is 9.59 Å². The van der Waals surface area contributed by atoms with Gasteiger partial charge in [0.15, 0.2) is 0 Å². The topological polar surface area (TPSA) is 49.4 Å². The number of rotatable bonds is 5. The van der Waals surface area contributed by atoms with E-state index in [0.717, 1.165) is 15.6 Å². The molecule has 21 heavy (non-hydrogen) atoms. The van der Waals surface area contributed by atoms with E-state index in [0.29, 0.717) is 19.4 Å². The molecule has 4 nitrogen and oxygen atoms in total. The van der Waals surface area contributed by atoms with Gasteiger partial charge in [0.1, 0.15) is 12.1 Å². The lowest BCUT2D eigenvalue weighted by Gasteiger charge is -2.38. The van der Waals surface area contributed by atoms with E-state index in [1.807, 2.05) is 38.1 Å². The monoisotopic (exact) mass is 400 g/mol. The molecule has 0 aliphatic carbocycles. The van der Waals surface area contributed by atoms with Crippen molar-refractivity contribution in [3.8, 4) is 0 Å². The third-order valence-electron chi connectivity index (χ3n) is 3.81. The van der Waals surface area contributed by atoms with Gasteiger partial charge in [-0.1, -0.05) is 32.4 Å². The van der Waals surface area contributed by atoms with Crippen molar-refractivity contribution in [1.29, 1.82) is 0 Å². The molecule has 1 saturated heterocycles. The van der Waals surface area contributed by atoms with Gasteiger partial charge in [0.2, 0.25) is 11.8 Å². The van der Waals surface area contributed by atoms with Crippen LogP contribution in [0.5, 0.6) is 0 Å². The second kappa shape index (κ2) is 7.24. The quantitative estimate of drug-likeness (QED) is 0.773. The highest BCUT2D eigenvalue weighted by Crippen LogP contribution is 2.20. The van der Waals surface area contributed by atoms with Crippen LogP contribution in [0, 0.1) is 3.57 Å². The molecule has 0 bridgehead atoms. The SMILES string of the molecule is CCCC1C(=O)NC(CC)C(=O)N1Cc1ccc(I)cc1. The first-order valence-corrected chi connectivity index (χ1v) is 8.50. The zero-order chi connectivity index (χ0) is 15.4. The summed E-state index contributed by atoms with van der Waals surface area (Å²) >= 11 is 2.26. The van der Waals surface area contributed by atoms with Crippen molar-refractivity contribution < 1.29 is 9.59 Å².